The second kappa shape index (κ2) is 9.06. The fourth-order valence-electron chi connectivity index (χ4n) is 1.20. The van der Waals surface area contributed by atoms with Crippen molar-refractivity contribution in [3.05, 3.63) is 0 Å². The molecule has 0 saturated carbocycles. The van der Waals surface area contributed by atoms with Crippen molar-refractivity contribution < 1.29 is 19.1 Å². The molecule has 4 heteroatoms. The second-order valence-corrected chi connectivity index (χ2v) is 3.40. The number of hydrogen-bond acceptors (Lipinski definition) is 1. The van der Waals surface area contributed by atoms with Crippen LogP contribution in [0.15, 0.2) is 0 Å². The smallest absolute Gasteiger partial charge is 0.302 e. The van der Waals surface area contributed by atoms with Crippen molar-refractivity contribution in [3.8, 4) is 0 Å². The number of alkyl halides is 2. The Labute approximate surface area is 84.0 Å². The molecule has 0 saturated heterocycles. The summed E-state index contributed by atoms with van der Waals surface area (Å²) in [5.41, 5.74) is 0. The van der Waals surface area contributed by atoms with E-state index in [0.717, 1.165) is 25.7 Å². The lowest BCUT2D eigenvalue weighted by atomic mass is 10.1. The Bertz CT molecular complexity index is 138. The van der Waals surface area contributed by atoms with Gasteiger partial charge in [0, 0.05) is 6.42 Å². The molecule has 2 N–H and O–H groups in total. The van der Waals surface area contributed by atoms with E-state index in [1.54, 1.807) is 0 Å². The van der Waals surface area contributed by atoms with E-state index in [1.807, 2.05) is 0 Å². The SMILES string of the molecule is CCCCCCCCC(F)(F)C=O.O. The van der Waals surface area contributed by atoms with Crippen LogP contribution in [-0.2, 0) is 4.79 Å². The van der Waals surface area contributed by atoms with Crippen LogP contribution in [0.25, 0.3) is 0 Å². The van der Waals surface area contributed by atoms with Crippen LogP contribution in [0.2, 0.25) is 0 Å². The summed E-state index contributed by atoms with van der Waals surface area (Å²) in [5.74, 6) is -3.09. The molecule has 0 unspecified atom stereocenters. The summed E-state index contributed by atoms with van der Waals surface area (Å²) in [7, 11) is 0. The second-order valence-electron chi connectivity index (χ2n) is 3.40. The van der Waals surface area contributed by atoms with Crippen molar-refractivity contribution in [2.45, 2.75) is 57.8 Å². The molecule has 0 bridgehead atoms. The molecule has 0 rings (SSSR count). The maximum absolute atomic E-state index is 12.4. The summed E-state index contributed by atoms with van der Waals surface area (Å²) < 4.78 is 24.7. The molecule has 0 spiro atoms. The molecular formula is C10H20F2O2. The van der Waals surface area contributed by atoms with E-state index < -0.39 is 5.92 Å². The van der Waals surface area contributed by atoms with Crippen LogP contribution >= 0.6 is 0 Å². The number of unbranched alkanes of at least 4 members (excludes halogenated alkanes) is 5. The highest BCUT2D eigenvalue weighted by Gasteiger charge is 2.26. The van der Waals surface area contributed by atoms with Gasteiger partial charge in [0.1, 0.15) is 0 Å². The zero-order valence-electron chi connectivity index (χ0n) is 8.69. The van der Waals surface area contributed by atoms with Gasteiger partial charge in [-0.1, -0.05) is 39.0 Å². The maximum Gasteiger partial charge on any atom is 0.302 e. The highest BCUT2D eigenvalue weighted by Crippen LogP contribution is 2.19. The van der Waals surface area contributed by atoms with E-state index in [9.17, 15) is 13.6 Å². The van der Waals surface area contributed by atoms with Gasteiger partial charge in [0.2, 0.25) is 0 Å². The minimum atomic E-state index is -3.09. The van der Waals surface area contributed by atoms with Gasteiger partial charge in [-0.2, -0.15) is 8.78 Å². The van der Waals surface area contributed by atoms with Gasteiger partial charge in [0.05, 0.1) is 0 Å². The molecule has 86 valence electrons. The van der Waals surface area contributed by atoms with Crippen LogP contribution in [0.5, 0.6) is 0 Å². The molecule has 2 nitrogen and oxygen atoms in total. The van der Waals surface area contributed by atoms with Crippen LogP contribution in [0.1, 0.15) is 51.9 Å². The Hall–Kier alpha value is -0.510. The van der Waals surface area contributed by atoms with Crippen molar-refractivity contribution in [1.82, 2.24) is 0 Å². The molecule has 0 heterocycles. The normalized spacial score (nSPS) is 10.8. The molecule has 0 aromatic carbocycles. The summed E-state index contributed by atoms with van der Waals surface area (Å²) in [6.07, 6.45) is 5.17. The van der Waals surface area contributed by atoms with Crippen molar-refractivity contribution >= 4 is 6.29 Å². The van der Waals surface area contributed by atoms with Gasteiger partial charge in [0.15, 0.2) is 6.29 Å². The predicted molar refractivity (Wildman–Crippen MR) is 52.6 cm³/mol. The van der Waals surface area contributed by atoms with Crippen LogP contribution in [-0.4, -0.2) is 17.7 Å². The van der Waals surface area contributed by atoms with E-state index in [-0.39, 0.29) is 18.2 Å². The minimum absolute atomic E-state index is 0. The molecule has 0 amide bonds. The zero-order chi connectivity index (χ0) is 10.2. The number of halogens is 2. The third kappa shape index (κ3) is 9.58. The van der Waals surface area contributed by atoms with Gasteiger partial charge >= 0.3 is 5.92 Å². The van der Waals surface area contributed by atoms with E-state index in [1.165, 1.54) is 6.42 Å². The molecule has 14 heavy (non-hydrogen) atoms. The number of carbonyl (C=O) groups excluding carboxylic acids is 1. The van der Waals surface area contributed by atoms with E-state index in [2.05, 4.69) is 6.92 Å². The lowest BCUT2D eigenvalue weighted by molar-refractivity contribution is -0.130. The molecule has 0 aromatic heterocycles. The van der Waals surface area contributed by atoms with Gasteiger partial charge in [0.25, 0.3) is 0 Å². The molecule has 0 atom stereocenters. The zero-order valence-corrected chi connectivity index (χ0v) is 8.69. The quantitative estimate of drug-likeness (QED) is 0.449. The summed E-state index contributed by atoms with van der Waals surface area (Å²) in [4.78, 5) is 9.84. The molecule has 0 aliphatic heterocycles. The predicted octanol–water partition coefficient (Wildman–Crippen LogP) is 2.75. The van der Waals surface area contributed by atoms with Crippen molar-refractivity contribution in [2.75, 3.05) is 0 Å². The van der Waals surface area contributed by atoms with E-state index in [0.29, 0.717) is 6.42 Å². The summed E-state index contributed by atoms with van der Waals surface area (Å²) >= 11 is 0. The van der Waals surface area contributed by atoms with Gasteiger partial charge in [-0.15, -0.1) is 0 Å². The average Bonchev–Trinajstić information content (AvgIpc) is 2.11. The first-order valence-electron chi connectivity index (χ1n) is 4.96. The Morgan fingerprint density at radius 3 is 2.07 bits per heavy atom. The first-order chi connectivity index (χ1) is 6.12. The lowest BCUT2D eigenvalue weighted by Crippen LogP contribution is -2.16. The fourth-order valence-corrected chi connectivity index (χ4v) is 1.20. The topological polar surface area (TPSA) is 48.6 Å². The van der Waals surface area contributed by atoms with Gasteiger partial charge < -0.3 is 5.48 Å². The Balaban J connectivity index is 0. The number of carbonyl (C=O) groups is 1. The highest BCUT2D eigenvalue weighted by molar-refractivity contribution is 5.59. The van der Waals surface area contributed by atoms with Gasteiger partial charge in [-0.3, -0.25) is 4.79 Å². The molecule has 0 fully saturated rings. The number of hydrogen-bond donors (Lipinski definition) is 0. The maximum atomic E-state index is 12.4. The fraction of sp³-hybridized carbons (Fsp3) is 0.900. The third-order valence-corrected chi connectivity index (χ3v) is 2.04. The van der Waals surface area contributed by atoms with Gasteiger partial charge in [-0.25, -0.2) is 0 Å². The number of rotatable bonds is 8. The first-order valence-corrected chi connectivity index (χ1v) is 4.96. The molecule has 0 aliphatic carbocycles. The Morgan fingerprint density at radius 1 is 1.07 bits per heavy atom. The standard InChI is InChI=1S/C10H18F2O.H2O/c1-2-3-4-5-6-7-8-10(11,12)9-13;/h9H,2-8H2,1H3;1H2. The average molecular weight is 210 g/mol. The monoisotopic (exact) mass is 210 g/mol. The molecule has 0 aromatic rings. The van der Waals surface area contributed by atoms with E-state index >= 15 is 0 Å². The lowest BCUT2D eigenvalue weighted by Gasteiger charge is -2.07. The minimum Gasteiger partial charge on any atom is -0.412 e. The van der Waals surface area contributed by atoms with Crippen molar-refractivity contribution in [3.63, 3.8) is 0 Å². The van der Waals surface area contributed by atoms with Crippen molar-refractivity contribution in [2.24, 2.45) is 0 Å². The van der Waals surface area contributed by atoms with Crippen LogP contribution < -0.4 is 0 Å². The van der Waals surface area contributed by atoms with E-state index in [4.69, 9.17) is 0 Å². The molecular weight excluding hydrogens is 190 g/mol. The largest absolute Gasteiger partial charge is 0.412 e. The molecule has 0 aliphatic rings. The third-order valence-electron chi connectivity index (χ3n) is 2.04. The molecule has 0 radical (unpaired) electrons. The summed E-state index contributed by atoms with van der Waals surface area (Å²) in [6, 6.07) is 0. The number of aldehydes is 1. The highest BCUT2D eigenvalue weighted by atomic mass is 19.3. The Kier molecular flexibility index (Phi) is 10.3. The van der Waals surface area contributed by atoms with Gasteiger partial charge in [-0.05, 0) is 6.42 Å². The van der Waals surface area contributed by atoms with Crippen molar-refractivity contribution in [1.29, 1.82) is 0 Å². The summed E-state index contributed by atoms with van der Waals surface area (Å²) in [6.45, 7) is 2.11. The van der Waals surface area contributed by atoms with Crippen LogP contribution in [0, 0.1) is 0 Å². The Morgan fingerprint density at radius 2 is 1.57 bits per heavy atom. The first kappa shape index (κ1) is 15.9. The van der Waals surface area contributed by atoms with Crippen LogP contribution in [0.4, 0.5) is 8.78 Å². The summed E-state index contributed by atoms with van der Waals surface area (Å²) in [5, 5.41) is 0. The van der Waals surface area contributed by atoms with Crippen LogP contribution in [0.3, 0.4) is 0 Å².